The van der Waals surface area contributed by atoms with Crippen molar-refractivity contribution in [3.05, 3.63) is 34.8 Å². The van der Waals surface area contributed by atoms with Gasteiger partial charge in [0.05, 0.1) is 25.1 Å². The fourth-order valence-corrected chi connectivity index (χ4v) is 1.75. The number of hydrogen-bond donors (Lipinski definition) is 1. The molecule has 16 heavy (non-hydrogen) atoms. The van der Waals surface area contributed by atoms with Crippen molar-refractivity contribution in [1.29, 1.82) is 0 Å². The summed E-state index contributed by atoms with van der Waals surface area (Å²) < 4.78 is 5.37. The highest BCUT2D eigenvalue weighted by molar-refractivity contribution is 5.84. The highest BCUT2D eigenvalue weighted by atomic mass is 16.5. The average Bonchev–Trinajstić information content (AvgIpc) is 2.58. The summed E-state index contributed by atoms with van der Waals surface area (Å²) >= 11 is 0. The van der Waals surface area contributed by atoms with Crippen molar-refractivity contribution < 1.29 is 14.3 Å². The first-order valence-electron chi connectivity index (χ1n) is 4.89. The van der Waals surface area contributed by atoms with Crippen LogP contribution < -0.4 is 4.73 Å². The Morgan fingerprint density at radius 3 is 3.06 bits per heavy atom. The third-order valence-corrected chi connectivity index (χ3v) is 2.59. The van der Waals surface area contributed by atoms with E-state index in [9.17, 15) is 10.0 Å². The number of methoxy groups -OCH3 is 1. The standard InChI is InChI=1S/C11H12N2O3/c1-7-9(6-10(14)16-2)8-4-3-5-13(15)11(8)12-7/h3-5,12H,6H2,1-2H3. The molecule has 0 aliphatic rings. The number of nitrogens with zero attached hydrogens (tertiary/aromatic N) is 1. The fraction of sp³-hybridized carbons (Fsp3) is 0.273. The summed E-state index contributed by atoms with van der Waals surface area (Å²) in [4.78, 5) is 14.2. The summed E-state index contributed by atoms with van der Waals surface area (Å²) in [6.45, 7) is 1.83. The van der Waals surface area contributed by atoms with Crippen molar-refractivity contribution in [2.24, 2.45) is 0 Å². The zero-order valence-corrected chi connectivity index (χ0v) is 9.11. The lowest BCUT2D eigenvalue weighted by molar-refractivity contribution is -0.579. The first-order valence-corrected chi connectivity index (χ1v) is 4.89. The zero-order chi connectivity index (χ0) is 11.7. The summed E-state index contributed by atoms with van der Waals surface area (Å²) in [5.41, 5.74) is 2.10. The van der Waals surface area contributed by atoms with E-state index >= 15 is 0 Å². The zero-order valence-electron chi connectivity index (χ0n) is 9.11. The number of nitrogens with one attached hydrogen (secondary N) is 1. The van der Waals surface area contributed by atoms with Crippen molar-refractivity contribution in [2.45, 2.75) is 13.3 Å². The number of carbonyl (C=O) groups excluding carboxylic acids is 1. The van der Waals surface area contributed by atoms with Gasteiger partial charge in [0, 0.05) is 5.56 Å². The molecule has 0 radical (unpaired) electrons. The molecule has 0 aliphatic heterocycles. The number of aryl methyl sites for hydroxylation is 1. The van der Waals surface area contributed by atoms with Crippen LogP contribution in [0, 0.1) is 12.1 Å². The number of fused-ring (bicyclic) bond motifs is 1. The minimum Gasteiger partial charge on any atom is -0.711 e. The Morgan fingerprint density at radius 2 is 2.38 bits per heavy atom. The number of rotatable bonds is 2. The molecule has 0 aliphatic carbocycles. The smallest absolute Gasteiger partial charge is 0.310 e. The highest BCUT2D eigenvalue weighted by Gasteiger charge is 2.17. The van der Waals surface area contributed by atoms with E-state index in [1.807, 2.05) is 13.0 Å². The molecule has 2 aromatic heterocycles. The molecular formula is C11H12N2O3. The third-order valence-electron chi connectivity index (χ3n) is 2.59. The number of ether oxygens (including phenoxy) is 1. The molecule has 5 heteroatoms. The maximum Gasteiger partial charge on any atom is 0.310 e. The topological polar surface area (TPSA) is 69.0 Å². The number of aromatic amines is 1. The van der Waals surface area contributed by atoms with E-state index in [1.165, 1.54) is 13.3 Å². The average molecular weight is 220 g/mol. The molecule has 0 atom stereocenters. The summed E-state index contributed by atoms with van der Waals surface area (Å²) in [5.74, 6) is -0.315. The van der Waals surface area contributed by atoms with Crippen LogP contribution >= 0.6 is 0 Å². The first-order chi connectivity index (χ1) is 7.63. The maximum atomic E-state index is 11.5. The van der Waals surface area contributed by atoms with Crippen LogP contribution in [-0.2, 0) is 16.0 Å². The number of H-pyrrole nitrogens is 1. The molecule has 0 spiro atoms. The second-order valence-corrected chi connectivity index (χ2v) is 3.58. The van der Waals surface area contributed by atoms with Crippen LogP contribution in [0.25, 0.3) is 11.0 Å². The maximum absolute atomic E-state index is 11.5. The van der Waals surface area contributed by atoms with E-state index in [0.717, 1.165) is 21.4 Å². The molecule has 5 nitrogen and oxygen atoms in total. The van der Waals surface area contributed by atoms with Crippen LogP contribution in [-0.4, -0.2) is 18.1 Å². The summed E-state index contributed by atoms with van der Waals surface area (Å²) in [6.07, 6.45) is 1.59. The Balaban J connectivity index is 2.56. The first kappa shape index (κ1) is 10.5. The quantitative estimate of drug-likeness (QED) is 0.463. The summed E-state index contributed by atoms with van der Waals surface area (Å²) in [5, 5.41) is 12.2. The summed E-state index contributed by atoms with van der Waals surface area (Å²) in [7, 11) is 1.35. The van der Waals surface area contributed by atoms with Gasteiger partial charge in [0.1, 0.15) is 5.69 Å². The Labute approximate surface area is 92.2 Å². The van der Waals surface area contributed by atoms with Crippen molar-refractivity contribution in [3.63, 3.8) is 0 Å². The van der Waals surface area contributed by atoms with E-state index in [1.54, 1.807) is 6.07 Å². The normalized spacial score (nSPS) is 10.6. The Bertz CT molecular complexity index is 545. The SMILES string of the molecule is COC(=O)Cc1c(C)[nH]c2c1ccc[n+]2[O-]. The minimum absolute atomic E-state index is 0.173. The Kier molecular flexibility index (Phi) is 2.52. The van der Waals surface area contributed by atoms with Gasteiger partial charge in [-0.1, -0.05) is 0 Å². The van der Waals surface area contributed by atoms with Crippen LogP contribution in [0.15, 0.2) is 18.3 Å². The van der Waals surface area contributed by atoms with Gasteiger partial charge >= 0.3 is 5.97 Å². The molecular weight excluding hydrogens is 208 g/mol. The van der Waals surface area contributed by atoms with Gasteiger partial charge in [-0.25, -0.2) is 9.71 Å². The van der Waals surface area contributed by atoms with Crippen molar-refractivity contribution in [1.82, 2.24) is 4.98 Å². The second kappa shape index (κ2) is 3.84. The monoisotopic (exact) mass is 220 g/mol. The molecule has 84 valence electrons. The van der Waals surface area contributed by atoms with Gasteiger partial charge in [0.25, 0.3) is 5.65 Å². The molecule has 0 amide bonds. The van der Waals surface area contributed by atoms with E-state index in [4.69, 9.17) is 0 Å². The largest absolute Gasteiger partial charge is 0.711 e. The van der Waals surface area contributed by atoms with E-state index in [0.29, 0.717) is 5.65 Å². The van der Waals surface area contributed by atoms with Crippen LogP contribution in [0.4, 0.5) is 0 Å². The molecule has 0 bridgehead atoms. The predicted octanol–water partition coefficient (Wildman–Crippen LogP) is 0.825. The van der Waals surface area contributed by atoms with Crippen molar-refractivity contribution in [3.8, 4) is 0 Å². The Hall–Kier alpha value is -2.04. The molecule has 0 fully saturated rings. The number of pyridine rings is 1. The van der Waals surface area contributed by atoms with E-state index in [-0.39, 0.29) is 12.4 Å². The van der Waals surface area contributed by atoms with E-state index in [2.05, 4.69) is 9.72 Å². The van der Waals surface area contributed by atoms with Gasteiger partial charge in [-0.3, -0.25) is 4.79 Å². The van der Waals surface area contributed by atoms with Gasteiger partial charge in [0.15, 0.2) is 0 Å². The van der Waals surface area contributed by atoms with Crippen LogP contribution in [0.1, 0.15) is 11.3 Å². The van der Waals surface area contributed by atoms with Gasteiger partial charge in [-0.2, -0.15) is 0 Å². The lowest BCUT2D eigenvalue weighted by Gasteiger charge is -2.01. The van der Waals surface area contributed by atoms with Gasteiger partial charge in [-0.15, -0.1) is 0 Å². The molecule has 2 aromatic rings. The van der Waals surface area contributed by atoms with Crippen LogP contribution in [0.3, 0.4) is 0 Å². The Morgan fingerprint density at radius 1 is 1.62 bits per heavy atom. The van der Waals surface area contributed by atoms with Gasteiger partial charge in [-0.05, 0) is 19.1 Å². The van der Waals surface area contributed by atoms with E-state index < -0.39 is 0 Å². The third kappa shape index (κ3) is 1.60. The second-order valence-electron chi connectivity index (χ2n) is 3.58. The number of aromatic nitrogens is 2. The fourth-order valence-electron chi connectivity index (χ4n) is 1.75. The number of carbonyl (C=O) groups is 1. The van der Waals surface area contributed by atoms with Crippen LogP contribution in [0.2, 0.25) is 0 Å². The molecule has 0 unspecified atom stereocenters. The molecule has 0 saturated heterocycles. The minimum atomic E-state index is -0.315. The van der Waals surface area contributed by atoms with Crippen molar-refractivity contribution >= 4 is 17.0 Å². The number of hydrogen-bond acceptors (Lipinski definition) is 3. The number of esters is 1. The molecule has 0 saturated carbocycles. The predicted molar refractivity (Wildman–Crippen MR) is 57.7 cm³/mol. The lowest BCUT2D eigenvalue weighted by Crippen LogP contribution is -2.26. The molecule has 0 aromatic carbocycles. The highest BCUT2D eigenvalue weighted by Crippen LogP contribution is 2.19. The van der Waals surface area contributed by atoms with Crippen LogP contribution in [0.5, 0.6) is 0 Å². The molecule has 1 N–H and O–H groups in total. The van der Waals surface area contributed by atoms with Gasteiger partial charge in [0.2, 0.25) is 0 Å². The van der Waals surface area contributed by atoms with Crippen molar-refractivity contribution in [2.75, 3.05) is 7.11 Å². The summed E-state index contributed by atoms with van der Waals surface area (Å²) in [6, 6.07) is 3.47. The molecule has 2 heterocycles. The van der Waals surface area contributed by atoms with Gasteiger partial charge < -0.3 is 9.94 Å². The lowest BCUT2D eigenvalue weighted by atomic mass is 10.1. The molecule has 2 rings (SSSR count).